The second kappa shape index (κ2) is 6.57. The molecule has 1 aliphatic heterocycles. The zero-order chi connectivity index (χ0) is 11.5. The molecule has 100 valence electrons. The highest BCUT2D eigenvalue weighted by Gasteiger charge is 2.47. The molecule has 4 nitrogen and oxygen atoms in total. The van der Waals surface area contributed by atoms with Crippen LogP contribution in [-0.4, -0.2) is 42.6 Å². The molecule has 1 aliphatic carbocycles. The van der Waals surface area contributed by atoms with E-state index in [0.717, 1.165) is 25.8 Å². The molecular formula is C12H23ClN2O2. The lowest BCUT2D eigenvalue weighted by Crippen LogP contribution is -2.48. The van der Waals surface area contributed by atoms with Crippen LogP contribution < -0.4 is 5.73 Å². The average molecular weight is 263 g/mol. The highest BCUT2D eigenvalue weighted by molar-refractivity contribution is 5.85. The molecule has 1 amide bonds. The van der Waals surface area contributed by atoms with E-state index >= 15 is 0 Å². The van der Waals surface area contributed by atoms with Crippen molar-refractivity contribution < 1.29 is 9.53 Å². The molecule has 2 rings (SSSR count). The van der Waals surface area contributed by atoms with Crippen molar-refractivity contribution in [2.24, 2.45) is 11.7 Å². The fourth-order valence-corrected chi connectivity index (χ4v) is 2.58. The Balaban J connectivity index is 0.00000144. The Labute approximate surface area is 109 Å². The average Bonchev–Trinajstić information content (AvgIpc) is 3.08. The van der Waals surface area contributed by atoms with Crippen molar-refractivity contribution in [1.82, 2.24) is 4.90 Å². The highest BCUT2D eigenvalue weighted by Crippen LogP contribution is 2.36. The molecule has 0 aromatic carbocycles. The van der Waals surface area contributed by atoms with Gasteiger partial charge in [-0.05, 0) is 32.6 Å². The minimum Gasteiger partial charge on any atom is -0.378 e. The summed E-state index contributed by atoms with van der Waals surface area (Å²) in [7, 11) is 0. The molecule has 2 aliphatic rings. The van der Waals surface area contributed by atoms with Crippen LogP contribution in [0, 0.1) is 5.92 Å². The number of hydrogen-bond acceptors (Lipinski definition) is 3. The van der Waals surface area contributed by atoms with Crippen LogP contribution in [0.2, 0.25) is 0 Å². The maximum absolute atomic E-state index is 12.2. The number of likely N-dealkylation sites (tertiary alicyclic amines) is 1. The molecule has 0 spiro atoms. The van der Waals surface area contributed by atoms with Crippen molar-refractivity contribution in [1.29, 1.82) is 0 Å². The molecule has 5 heteroatoms. The minimum atomic E-state index is 0. The Hall–Kier alpha value is -0.320. The number of halogens is 1. The van der Waals surface area contributed by atoms with E-state index in [1.54, 1.807) is 0 Å². The van der Waals surface area contributed by atoms with E-state index in [-0.39, 0.29) is 36.4 Å². The van der Waals surface area contributed by atoms with Crippen molar-refractivity contribution in [3.05, 3.63) is 0 Å². The number of carbonyl (C=O) groups is 1. The SMILES string of the molecule is CCOC1CC1C(=O)N1CCCCC1CN.Cl. The summed E-state index contributed by atoms with van der Waals surface area (Å²) >= 11 is 0. The van der Waals surface area contributed by atoms with E-state index in [0.29, 0.717) is 13.2 Å². The van der Waals surface area contributed by atoms with Gasteiger partial charge < -0.3 is 15.4 Å². The summed E-state index contributed by atoms with van der Waals surface area (Å²) in [5.41, 5.74) is 5.72. The van der Waals surface area contributed by atoms with Crippen LogP contribution in [0.5, 0.6) is 0 Å². The number of rotatable bonds is 4. The Morgan fingerprint density at radius 3 is 2.88 bits per heavy atom. The van der Waals surface area contributed by atoms with Gasteiger partial charge in [0.05, 0.1) is 12.0 Å². The van der Waals surface area contributed by atoms with E-state index in [4.69, 9.17) is 10.5 Å². The van der Waals surface area contributed by atoms with Gasteiger partial charge in [0.2, 0.25) is 5.91 Å². The predicted octanol–water partition coefficient (Wildman–Crippen LogP) is 1.17. The van der Waals surface area contributed by atoms with E-state index in [2.05, 4.69) is 0 Å². The Kier molecular flexibility index (Phi) is 5.70. The van der Waals surface area contributed by atoms with Crippen LogP contribution in [0.4, 0.5) is 0 Å². The first kappa shape index (κ1) is 14.7. The maximum atomic E-state index is 12.2. The predicted molar refractivity (Wildman–Crippen MR) is 69.2 cm³/mol. The molecule has 2 fully saturated rings. The number of carbonyl (C=O) groups excluding carboxylic acids is 1. The normalized spacial score (nSPS) is 31.9. The van der Waals surface area contributed by atoms with Gasteiger partial charge in [0.15, 0.2) is 0 Å². The van der Waals surface area contributed by atoms with E-state index < -0.39 is 0 Å². The fraction of sp³-hybridized carbons (Fsp3) is 0.917. The summed E-state index contributed by atoms with van der Waals surface area (Å²) < 4.78 is 5.47. The van der Waals surface area contributed by atoms with E-state index in [1.165, 1.54) is 6.42 Å². The summed E-state index contributed by atoms with van der Waals surface area (Å²) in [6.45, 7) is 4.16. The Bertz CT molecular complexity index is 263. The van der Waals surface area contributed by atoms with Crippen LogP contribution >= 0.6 is 12.4 Å². The van der Waals surface area contributed by atoms with Crippen molar-refractivity contribution in [3.63, 3.8) is 0 Å². The Morgan fingerprint density at radius 1 is 1.47 bits per heavy atom. The topological polar surface area (TPSA) is 55.6 Å². The third kappa shape index (κ3) is 3.33. The van der Waals surface area contributed by atoms with E-state index in [1.807, 2.05) is 11.8 Å². The minimum absolute atomic E-state index is 0. The summed E-state index contributed by atoms with van der Waals surface area (Å²) in [5.74, 6) is 0.390. The second-order valence-electron chi connectivity index (χ2n) is 4.75. The number of amides is 1. The zero-order valence-corrected chi connectivity index (χ0v) is 11.2. The van der Waals surface area contributed by atoms with Gasteiger partial charge in [0, 0.05) is 25.7 Å². The van der Waals surface area contributed by atoms with Crippen LogP contribution in [0.15, 0.2) is 0 Å². The van der Waals surface area contributed by atoms with Gasteiger partial charge in [0.1, 0.15) is 0 Å². The second-order valence-corrected chi connectivity index (χ2v) is 4.75. The number of nitrogens with two attached hydrogens (primary N) is 1. The molecule has 0 aromatic heterocycles. The lowest BCUT2D eigenvalue weighted by atomic mass is 10.0. The largest absolute Gasteiger partial charge is 0.378 e. The monoisotopic (exact) mass is 262 g/mol. The van der Waals surface area contributed by atoms with Crippen LogP contribution in [0.3, 0.4) is 0 Å². The lowest BCUT2D eigenvalue weighted by Gasteiger charge is -2.35. The molecule has 3 atom stereocenters. The molecule has 1 saturated heterocycles. The molecule has 3 unspecified atom stereocenters. The quantitative estimate of drug-likeness (QED) is 0.828. The van der Waals surface area contributed by atoms with Crippen LogP contribution in [-0.2, 0) is 9.53 Å². The first-order valence-corrected chi connectivity index (χ1v) is 6.40. The molecule has 0 aromatic rings. The van der Waals surface area contributed by atoms with Gasteiger partial charge in [0.25, 0.3) is 0 Å². The summed E-state index contributed by atoms with van der Waals surface area (Å²) in [4.78, 5) is 14.2. The zero-order valence-electron chi connectivity index (χ0n) is 10.4. The van der Waals surface area contributed by atoms with Crippen molar-refractivity contribution in [2.75, 3.05) is 19.7 Å². The number of piperidine rings is 1. The fourth-order valence-electron chi connectivity index (χ4n) is 2.58. The molecule has 0 radical (unpaired) electrons. The van der Waals surface area contributed by atoms with Crippen molar-refractivity contribution in [2.45, 2.75) is 44.8 Å². The highest BCUT2D eigenvalue weighted by atomic mass is 35.5. The molecular weight excluding hydrogens is 240 g/mol. The number of nitrogens with zero attached hydrogens (tertiary/aromatic N) is 1. The molecule has 0 bridgehead atoms. The summed E-state index contributed by atoms with van der Waals surface area (Å²) in [6, 6.07) is 0.268. The van der Waals surface area contributed by atoms with Gasteiger partial charge in [-0.25, -0.2) is 0 Å². The standard InChI is InChI=1S/C12H22N2O2.ClH/c1-2-16-11-7-10(11)12(15)14-6-4-3-5-9(14)8-13;/h9-11H,2-8,13H2,1H3;1H. The first-order valence-electron chi connectivity index (χ1n) is 6.40. The smallest absolute Gasteiger partial charge is 0.228 e. The van der Waals surface area contributed by atoms with E-state index in [9.17, 15) is 4.79 Å². The number of hydrogen-bond donors (Lipinski definition) is 1. The van der Waals surface area contributed by atoms with Gasteiger partial charge >= 0.3 is 0 Å². The molecule has 1 heterocycles. The third-order valence-electron chi connectivity index (χ3n) is 3.61. The van der Waals surface area contributed by atoms with Gasteiger partial charge in [-0.15, -0.1) is 12.4 Å². The molecule has 2 N–H and O–H groups in total. The van der Waals surface area contributed by atoms with Crippen molar-refractivity contribution in [3.8, 4) is 0 Å². The van der Waals surface area contributed by atoms with Gasteiger partial charge in [-0.3, -0.25) is 4.79 Å². The number of ether oxygens (including phenoxy) is 1. The van der Waals surface area contributed by atoms with Crippen LogP contribution in [0.25, 0.3) is 0 Å². The maximum Gasteiger partial charge on any atom is 0.228 e. The Morgan fingerprint density at radius 2 is 2.24 bits per heavy atom. The van der Waals surface area contributed by atoms with Crippen LogP contribution in [0.1, 0.15) is 32.6 Å². The van der Waals surface area contributed by atoms with Gasteiger partial charge in [-0.2, -0.15) is 0 Å². The molecule has 1 saturated carbocycles. The van der Waals surface area contributed by atoms with Crippen molar-refractivity contribution >= 4 is 18.3 Å². The summed E-state index contributed by atoms with van der Waals surface area (Å²) in [5, 5.41) is 0. The first-order chi connectivity index (χ1) is 7.77. The summed E-state index contributed by atoms with van der Waals surface area (Å²) in [6.07, 6.45) is 4.46. The lowest BCUT2D eigenvalue weighted by molar-refractivity contribution is -0.137. The molecule has 17 heavy (non-hydrogen) atoms. The third-order valence-corrected chi connectivity index (χ3v) is 3.61. The van der Waals surface area contributed by atoms with Gasteiger partial charge in [-0.1, -0.05) is 0 Å².